The first-order chi connectivity index (χ1) is 12.5. The lowest BCUT2D eigenvalue weighted by atomic mass is 10.0. The Kier molecular flexibility index (Phi) is 5.56. The lowest BCUT2D eigenvalue weighted by molar-refractivity contribution is -0.136. The highest BCUT2D eigenvalue weighted by atomic mass is 19.1. The molecule has 0 radical (unpaired) electrons. The van der Waals surface area contributed by atoms with Crippen molar-refractivity contribution in [2.24, 2.45) is 0 Å². The molecule has 1 amide bonds. The molecular formula is C19H22F2N4O. The monoisotopic (exact) mass is 360 g/mol. The molecule has 1 aromatic heterocycles. The van der Waals surface area contributed by atoms with Crippen LogP contribution in [0.3, 0.4) is 0 Å². The second-order valence-corrected chi connectivity index (χ2v) is 6.57. The normalized spacial score (nSPS) is 18.8. The fraction of sp³-hybridized carbons (Fsp3) is 0.421. The number of aryl methyl sites for hydroxylation is 1. The van der Waals surface area contributed by atoms with E-state index in [0.717, 1.165) is 12.1 Å². The zero-order valence-corrected chi connectivity index (χ0v) is 14.9. The molecule has 0 aliphatic carbocycles. The highest BCUT2D eigenvalue weighted by Gasteiger charge is 2.31. The van der Waals surface area contributed by atoms with Crippen LogP contribution in [0.4, 0.5) is 8.78 Å². The van der Waals surface area contributed by atoms with Gasteiger partial charge < -0.3 is 4.90 Å². The number of benzene rings is 1. The lowest BCUT2D eigenvalue weighted by Gasteiger charge is -2.34. The van der Waals surface area contributed by atoms with Crippen molar-refractivity contribution in [3.8, 4) is 0 Å². The molecule has 138 valence electrons. The average molecular weight is 360 g/mol. The quantitative estimate of drug-likeness (QED) is 0.891. The van der Waals surface area contributed by atoms with Crippen molar-refractivity contribution < 1.29 is 13.6 Å². The Morgan fingerprint density at radius 2 is 2.04 bits per heavy atom. The van der Waals surface area contributed by atoms with E-state index in [1.807, 2.05) is 0 Å². The fourth-order valence-electron chi connectivity index (χ4n) is 3.35. The maximum Gasteiger partial charge on any atom is 0.240 e. The molecule has 5 nitrogen and oxygen atoms in total. The highest BCUT2D eigenvalue weighted by Crippen LogP contribution is 2.23. The average Bonchev–Trinajstić information content (AvgIpc) is 2.58. The predicted molar refractivity (Wildman–Crippen MR) is 93.1 cm³/mol. The largest absolute Gasteiger partial charge is 0.335 e. The van der Waals surface area contributed by atoms with Crippen molar-refractivity contribution in [1.82, 2.24) is 20.2 Å². The number of rotatable bonds is 5. The van der Waals surface area contributed by atoms with Gasteiger partial charge in [0.15, 0.2) is 0 Å². The van der Waals surface area contributed by atoms with Crippen LogP contribution in [-0.4, -0.2) is 33.4 Å². The Hall–Kier alpha value is -2.41. The minimum Gasteiger partial charge on any atom is -0.335 e. The Balaban J connectivity index is 1.69. The van der Waals surface area contributed by atoms with Gasteiger partial charge in [-0.05, 0) is 44.9 Å². The van der Waals surface area contributed by atoms with Gasteiger partial charge in [-0.3, -0.25) is 10.1 Å². The smallest absolute Gasteiger partial charge is 0.240 e. The van der Waals surface area contributed by atoms with Gasteiger partial charge in [-0.25, -0.2) is 18.7 Å². The molecule has 2 heterocycles. The molecule has 1 saturated heterocycles. The van der Waals surface area contributed by atoms with Crippen LogP contribution in [0.2, 0.25) is 0 Å². The van der Waals surface area contributed by atoms with Crippen LogP contribution >= 0.6 is 0 Å². The molecule has 1 aliphatic rings. The molecule has 0 spiro atoms. The molecule has 2 unspecified atom stereocenters. The molecule has 1 fully saturated rings. The standard InChI is InChI=1S/C19H22F2N4O/c1-12(18-15(20)5-3-6-16(18)21)23-17-7-4-10-25(19(17)26)11-14-8-9-22-13(2)24-14/h3,5-6,8-9,12,17,23H,4,7,10-11H2,1-2H3. The topological polar surface area (TPSA) is 58.1 Å². The van der Waals surface area contributed by atoms with E-state index in [0.29, 0.717) is 25.3 Å². The second kappa shape index (κ2) is 7.86. The number of carbonyl (C=O) groups is 1. The molecule has 1 N–H and O–H groups in total. The summed E-state index contributed by atoms with van der Waals surface area (Å²) in [5.41, 5.74) is 0.739. The van der Waals surface area contributed by atoms with Gasteiger partial charge in [-0.1, -0.05) is 6.07 Å². The van der Waals surface area contributed by atoms with Crippen molar-refractivity contribution in [1.29, 1.82) is 0 Å². The van der Waals surface area contributed by atoms with Gasteiger partial charge in [0.25, 0.3) is 0 Å². The van der Waals surface area contributed by atoms with Crippen LogP contribution in [0.1, 0.15) is 42.9 Å². The minimum absolute atomic E-state index is 0.0381. The van der Waals surface area contributed by atoms with Crippen LogP contribution < -0.4 is 5.32 Å². The number of nitrogens with zero attached hydrogens (tertiary/aromatic N) is 3. The summed E-state index contributed by atoms with van der Waals surface area (Å²) in [5.74, 6) is -0.635. The van der Waals surface area contributed by atoms with E-state index in [4.69, 9.17) is 0 Å². The summed E-state index contributed by atoms with van der Waals surface area (Å²) in [6, 6.07) is 4.49. The van der Waals surface area contributed by atoms with Gasteiger partial charge >= 0.3 is 0 Å². The molecule has 1 aliphatic heterocycles. The Labute approximate surface area is 151 Å². The summed E-state index contributed by atoms with van der Waals surface area (Å²) in [7, 11) is 0. The third-order valence-corrected chi connectivity index (χ3v) is 4.60. The maximum absolute atomic E-state index is 14.0. The Bertz CT molecular complexity index is 779. The van der Waals surface area contributed by atoms with Gasteiger partial charge in [-0.15, -0.1) is 0 Å². The van der Waals surface area contributed by atoms with Crippen LogP contribution in [-0.2, 0) is 11.3 Å². The molecule has 3 rings (SSSR count). The number of nitrogens with one attached hydrogen (secondary N) is 1. The van der Waals surface area contributed by atoms with Crippen molar-refractivity contribution in [2.75, 3.05) is 6.54 Å². The van der Waals surface area contributed by atoms with E-state index in [1.54, 1.807) is 31.0 Å². The van der Waals surface area contributed by atoms with Crippen LogP contribution in [0.5, 0.6) is 0 Å². The first kappa shape index (κ1) is 18.4. The number of likely N-dealkylation sites (tertiary alicyclic amines) is 1. The maximum atomic E-state index is 14.0. The van der Waals surface area contributed by atoms with Gasteiger partial charge in [0.1, 0.15) is 17.5 Å². The summed E-state index contributed by atoms with van der Waals surface area (Å²) < 4.78 is 27.9. The summed E-state index contributed by atoms with van der Waals surface area (Å²) >= 11 is 0. The molecule has 2 aromatic rings. The van der Waals surface area contributed by atoms with Crippen molar-refractivity contribution in [2.45, 2.75) is 45.3 Å². The van der Waals surface area contributed by atoms with Crippen molar-refractivity contribution >= 4 is 5.91 Å². The number of amides is 1. The zero-order chi connectivity index (χ0) is 18.7. The van der Waals surface area contributed by atoms with E-state index >= 15 is 0 Å². The second-order valence-electron chi connectivity index (χ2n) is 6.57. The summed E-state index contributed by atoms with van der Waals surface area (Å²) in [6.07, 6.45) is 3.13. The number of halogens is 2. The van der Waals surface area contributed by atoms with Crippen LogP contribution in [0.15, 0.2) is 30.5 Å². The van der Waals surface area contributed by atoms with Gasteiger partial charge in [0.2, 0.25) is 5.91 Å². The summed E-state index contributed by atoms with van der Waals surface area (Å²) in [5, 5.41) is 3.09. The molecule has 2 atom stereocenters. The van der Waals surface area contributed by atoms with Crippen LogP contribution in [0, 0.1) is 18.6 Å². The fourth-order valence-corrected chi connectivity index (χ4v) is 3.35. The first-order valence-electron chi connectivity index (χ1n) is 8.73. The molecule has 0 saturated carbocycles. The number of aromatic nitrogens is 2. The molecular weight excluding hydrogens is 338 g/mol. The Morgan fingerprint density at radius 3 is 2.73 bits per heavy atom. The van der Waals surface area contributed by atoms with Gasteiger partial charge in [0, 0.05) is 24.3 Å². The predicted octanol–water partition coefficient (Wildman–Crippen LogP) is 2.91. The third-order valence-electron chi connectivity index (χ3n) is 4.60. The van der Waals surface area contributed by atoms with Crippen molar-refractivity contribution in [3.63, 3.8) is 0 Å². The van der Waals surface area contributed by atoms with Gasteiger partial charge in [-0.2, -0.15) is 0 Å². The third kappa shape index (κ3) is 4.04. The first-order valence-corrected chi connectivity index (χ1v) is 8.73. The van der Waals surface area contributed by atoms with E-state index in [1.165, 1.54) is 18.2 Å². The Morgan fingerprint density at radius 1 is 1.31 bits per heavy atom. The minimum atomic E-state index is -0.610. The zero-order valence-electron chi connectivity index (χ0n) is 14.9. The van der Waals surface area contributed by atoms with Crippen LogP contribution in [0.25, 0.3) is 0 Å². The number of carbonyl (C=O) groups excluding carboxylic acids is 1. The number of hydrogen-bond acceptors (Lipinski definition) is 4. The lowest BCUT2D eigenvalue weighted by Crippen LogP contribution is -2.51. The van der Waals surface area contributed by atoms with E-state index < -0.39 is 23.7 Å². The van der Waals surface area contributed by atoms with Gasteiger partial charge in [0.05, 0.1) is 18.3 Å². The molecule has 26 heavy (non-hydrogen) atoms. The van der Waals surface area contributed by atoms with E-state index in [2.05, 4.69) is 15.3 Å². The highest BCUT2D eigenvalue weighted by molar-refractivity contribution is 5.82. The van der Waals surface area contributed by atoms with E-state index in [-0.39, 0.29) is 11.5 Å². The van der Waals surface area contributed by atoms with E-state index in [9.17, 15) is 13.6 Å². The van der Waals surface area contributed by atoms with Crippen molar-refractivity contribution in [3.05, 3.63) is 59.2 Å². The number of piperidine rings is 1. The summed E-state index contributed by atoms with van der Waals surface area (Å²) in [4.78, 5) is 22.9. The molecule has 0 bridgehead atoms. The molecule has 1 aromatic carbocycles. The number of hydrogen-bond donors (Lipinski definition) is 1. The SMILES string of the molecule is Cc1nccc(CN2CCCC(NC(C)c3c(F)cccc3F)C2=O)n1. The summed E-state index contributed by atoms with van der Waals surface area (Å²) in [6.45, 7) is 4.52. The molecule has 7 heteroatoms.